The summed E-state index contributed by atoms with van der Waals surface area (Å²) in [5.74, 6) is -0.908. The van der Waals surface area contributed by atoms with Crippen LogP contribution in [0, 0.1) is 0 Å². The predicted molar refractivity (Wildman–Crippen MR) is 362 cm³/mol. The van der Waals surface area contributed by atoms with Gasteiger partial charge in [0.2, 0.25) is 0 Å². The Balaban J connectivity index is 4.39. The van der Waals surface area contributed by atoms with Crippen molar-refractivity contribution in [3.05, 3.63) is 122 Å². The number of hydrogen-bond acceptors (Lipinski definition) is 6. The van der Waals surface area contributed by atoms with E-state index in [0.29, 0.717) is 19.3 Å². The predicted octanol–water partition coefficient (Wildman–Crippen LogP) is 24.3. The summed E-state index contributed by atoms with van der Waals surface area (Å²) in [6, 6.07) is 0. The van der Waals surface area contributed by atoms with Gasteiger partial charge in [-0.3, -0.25) is 14.4 Å². The molecule has 0 aliphatic carbocycles. The van der Waals surface area contributed by atoms with E-state index in [1.165, 1.54) is 161 Å². The van der Waals surface area contributed by atoms with E-state index in [4.69, 9.17) is 14.2 Å². The second kappa shape index (κ2) is 70.3. The molecule has 0 N–H and O–H groups in total. The van der Waals surface area contributed by atoms with Gasteiger partial charge in [-0.05, 0) is 128 Å². The number of rotatable bonds is 63. The van der Waals surface area contributed by atoms with E-state index < -0.39 is 6.10 Å². The zero-order valence-electron chi connectivity index (χ0n) is 54.4. The van der Waals surface area contributed by atoms with Crippen LogP contribution < -0.4 is 0 Å². The van der Waals surface area contributed by atoms with Gasteiger partial charge in [0.15, 0.2) is 6.10 Å². The first-order valence-corrected chi connectivity index (χ1v) is 35.0. The average molecular weight is 1150 g/mol. The Labute approximate surface area is 513 Å². The molecular weight excluding hydrogens is 1020 g/mol. The molecule has 0 aromatic heterocycles. The van der Waals surface area contributed by atoms with Gasteiger partial charge in [0, 0.05) is 19.3 Å². The summed E-state index contributed by atoms with van der Waals surface area (Å²) in [5, 5.41) is 0. The van der Waals surface area contributed by atoms with E-state index in [2.05, 4.69) is 142 Å². The molecule has 1 unspecified atom stereocenters. The Kier molecular flexibility index (Phi) is 66.7. The molecule has 474 valence electrons. The van der Waals surface area contributed by atoms with Crippen LogP contribution in [0.25, 0.3) is 0 Å². The summed E-state index contributed by atoms with van der Waals surface area (Å²) < 4.78 is 17.0. The molecule has 0 saturated carbocycles. The normalized spacial score (nSPS) is 12.9. The van der Waals surface area contributed by atoms with Crippen LogP contribution in [-0.4, -0.2) is 37.2 Å². The van der Waals surface area contributed by atoms with Crippen molar-refractivity contribution in [3.63, 3.8) is 0 Å². The minimum Gasteiger partial charge on any atom is -0.462 e. The van der Waals surface area contributed by atoms with Crippen LogP contribution in [0.4, 0.5) is 0 Å². The van der Waals surface area contributed by atoms with Gasteiger partial charge in [-0.25, -0.2) is 0 Å². The van der Waals surface area contributed by atoms with Crippen LogP contribution in [0.5, 0.6) is 0 Å². The van der Waals surface area contributed by atoms with Gasteiger partial charge < -0.3 is 14.2 Å². The van der Waals surface area contributed by atoms with E-state index in [-0.39, 0.29) is 31.1 Å². The third-order valence-electron chi connectivity index (χ3n) is 14.9. The number of esters is 3. The molecule has 0 amide bonds. The summed E-state index contributed by atoms with van der Waals surface area (Å²) >= 11 is 0. The zero-order valence-corrected chi connectivity index (χ0v) is 54.4. The molecular formula is C77H130O6. The molecule has 6 heteroatoms. The molecule has 0 aliphatic heterocycles. The third kappa shape index (κ3) is 68.5. The molecule has 0 aromatic rings. The lowest BCUT2D eigenvalue weighted by Crippen LogP contribution is -2.30. The van der Waals surface area contributed by atoms with Crippen molar-refractivity contribution < 1.29 is 28.6 Å². The van der Waals surface area contributed by atoms with Gasteiger partial charge in [0.1, 0.15) is 13.2 Å². The lowest BCUT2D eigenvalue weighted by Gasteiger charge is -2.18. The number of carbonyl (C=O) groups excluding carboxylic acids is 3. The van der Waals surface area contributed by atoms with Gasteiger partial charge >= 0.3 is 17.9 Å². The van der Waals surface area contributed by atoms with Crippen molar-refractivity contribution in [2.24, 2.45) is 0 Å². The SMILES string of the molecule is CC/C=C\C/C=C\C/C=C\C/C=C\CCCCCCCCCCCCC(=O)OC(COC(=O)CCCCCC/C=C\C/C=C\C/C=C\C/C=C\CC)COC(=O)CCCCCCCCCCCCCCC/C=C\C/C=C\CCCCCCC. The van der Waals surface area contributed by atoms with Crippen molar-refractivity contribution in [2.45, 2.75) is 335 Å². The Morgan fingerprint density at radius 2 is 0.470 bits per heavy atom. The Morgan fingerprint density at radius 1 is 0.253 bits per heavy atom. The molecule has 0 aromatic carbocycles. The lowest BCUT2D eigenvalue weighted by molar-refractivity contribution is -0.167. The Bertz CT molecular complexity index is 1700. The van der Waals surface area contributed by atoms with E-state index >= 15 is 0 Å². The first kappa shape index (κ1) is 78.8. The molecule has 1 atom stereocenters. The van der Waals surface area contributed by atoms with Gasteiger partial charge in [-0.1, -0.05) is 303 Å². The maximum absolute atomic E-state index is 13.0. The molecule has 6 nitrogen and oxygen atoms in total. The van der Waals surface area contributed by atoms with Crippen molar-refractivity contribution >= 4 is 17.9 Å². The van der Waals surface area contributed by atoms with Crippen LogP contribution in [0.2, 0.25) is 0 Å². The minimum absolute atomic E-state index is 0.0889. The van der Waals surface area contributed by atoms with Crippen LogP contribution in [0.15, 0.2) is 122 Å². The van der Waals surface area contributed by atoms with Crippen LogP contribution in [0.1, 0.15) is 329 Å². The fraction of sp³-hybridized carbons (Fsp3) is 0.701. The topological polar surface area (TPSA) is 78.9 Å². The monoisotopic (exact) mass is 1150 g/mol. The molecule has 0 aliphatic rings. The quantitative estimate of drug-likeness (QED) is 0.0261. The van der Waals surface area contributed by atoms with Gasteiger partial charge in [0.25, 0.3) is 0 Å². The summed E-state index contributed by atoms with van der Waals surface area (Å²) in [7, 11) is 0. The van der Waals surface area contributed by atoms with E-state index in [0.717, 1.165) is 128 Å². The van der Waals surface area contributed by atoms with Gasteiger partial charge in [-0.2, -0.15) is 0 Å². The standard InChI is InChI=1S/C77H130O6/c1-4-7-10-13-16-19-22-25-28-31-33-35-37-38-40-41-43-46-49-52-55-58-61-64-67-70-76(79)82-73-74(72-81-75(78)69-66-63-60-57-54-51-48-45-30-27-24-21-18-15-12-9-6-3)83-77(80)71-68-65-62-59-56-53-50-47-44-42-39-36-34-32-29-26-23-20-17-14-11-8-5-2/h8-9,11-12,17-18,20-22,25-27,29-31,33-34,36,48,51,74H,4-7,10,13-16,19,23-24,28,32,35,37-47,49-50,52-73H2,1-3H3/b11-8-,12-9-,20-17-,21-18-,25-22-,29-26-,30-27-,33-31-,36-34-,51-48-. The summed E-state index contributed by atoms with van der Waals surface area (Å²) in [4.78, 5) is 38.5. The first-order chi connectivity index (χ1) is 41.0. The second-order valence-electron chi connectivity index (χ2n) is 23.0. The van der Waals surface area contributed by atoms with Crippen LogP contribution >= 0.6 is 0 Å². The van der Waals surface area contributed by atoms with Crippen molar-refractivity contribution in [1.82, 2.24) is 0 Å². The maximum Gasteiger partial charge on any atom is 0.306 e. The van der Waals surface area contributed by atoms with E-state index in [1.54, 1.807) is 0 Å². The van der Waals surface area contributed by atoms with Crippen molar-refractivity contribution in [1.29, 1.82) is 0 Å². The zero-order chi connectivity index (χ0) is 59.9. The summed E-state index contributed by atoms with van der Waals surface area (Å²) in [6.45, 7) is 6.41. The molecule has 0 heterocycles. The number of ether oxygens (including phenoxy) is 3. The molecule has 83 heavy (non-hydrogen) atoms. The van der Waals surface area contributed by atoms with Gasteiger partial charge in [-0.15, -0.1) is 0 Å². The fourth-order valence-corrected chi connectivity index (χ4v) is 9.75. The molecule has 0 spiro atoms. The maximum atomic E-state index is 13.0. The smallest absolute Gasteiger partial charge is 0.306 e. The highest BCUT2D eigenvalue weighted by molar-refractivity contribution is 5.71. The van der Waals surface area contributed by atoms with E-state index in [1.807, 2.05) is 0 Å². The number of carbonyl (C=O) groups is 3. The fourth-order valence-electron chi connectivity index (χ4n) is 9.75. The second-order valence-corrected chi connectivity index (χ2v) is 23.0. The number of allylic oxidation sites excluding steroid dienone is 20. The minimum atomic E-state index is -0.796. The number of hydrogen-bond donors (Lipinski definition) is 0. The van der Waals surface area contributed by atoms with E-state index in [9.17, 15) is 14.4 Å². The highest BCUT2D eigenvalue weighted by atomic mass is 16.6. The first-order valence-electron chi connectivity index (χ1n) is 35.0. The molecule has 0 fully saturated rings. The lowest BCUT2D eigenvalue weighted by atomic mass is 10.0. The average Bonchev–Trinajstić information content (AvgIpc) is 3.49. The highest BCUT2D eigenvalue weighted by Crippen LogP contribution is 2.17. The molecule has 0 rings (SSSR count). The van der Waals surface area contributed by atoms with Gasteiger partial charge in [0.05, 0.1) is 0 Å². The van der Waals surface area contributed by atoms with Crippen molar-refractivity contribution in [2.75, 3.05) is 13.2 Å². The third-order valence-corrected chi connectivity index (χ3v) is 14.9. The largest absolute Gasteiger partial charge is 0.462 e. The van der Waals surface area contributed by atoms with Crippen LogP contribution in [0.3, 0.4) is 0 Å². The Hall–Kier alpha value is -4.19. The molecule has 0 bridgehead atoms. The highest BCUT2D eigenvalue weighted by Gasteiger charge is 2.19. The summed E-state index contributed by atoms with van der Waals surface area (Å²) in [6.07, 6.45) is 97.9. The Morgan fingerprint density at radius 3 is 0.735 bits per heavy atom. The van der Waals surface area contributed by atoms with Crippen molar-refractivity contribution in [3.8, 4) is 0 Å². The van der Waals surface area contributed by atoms with Crippen LogP contribution in [-0.2, 0) is 28.6 Å². The summed E-state index contributed by atoms with van der Waals surface area (Å²) in [5.41, 5.74) is 0. The molecule has 0 radical (unpaired) electrons. The molecule has 0 saturated heterocycles. The number of unbranched alkanes of at least 4 members (excludes halogenated alkanes) is 32.